The second-order valence-electron chi connectivity index (χ2n) is 6.36. The molecule has 0 heterocycles. The summed E-state index contributed by atoms with van der Waals surface area (Å²) in [6, 6.07) is 9.34. The Balaban J connectivity index is 2.06. The minimum absolute atomic E-state index is 0.480. The van der Waals surface area contributed by atoms with Crippen LogP contribution in [0.2, 0.25) is 0 Å². The second-order valence-corrected chi connectivity index (χ2v) is 6.36. The van der Waals surface area contributed by atoms with E-state index in [1.54, 1.807) is 0 Å². The summed E-state index contributed by atoms with van der Waals surface area (Å²) in [4.78, 5) is 11.3. The van der Waals surface area contributed by atoms with E-state index in [0.29, 0.717) is 6.42 Å². The van der Waals surface area contributed by atoms with E-state index >= 15 is 0 Å². The van der Waals surface area contributed by atoms with Crippen molar-refractivity contribution >= 4 is 5.97 Å². The van der Waals surface area contributed by atoms with E-state index in [4.69, 9.17) is 0 Å². The lowest BCUT2D eigenvalue weighted by Crippen LogP contribution is -2.39. The van der Waals surface area contributed by atoms with Gasteiger partial charge < -0.3 is 10.4 Å². The van der Waals surface area contributed by atoms with Crippen LogP contribution in [0.4, 0.5) is 0 Å². The summed E-state index contributed by atoms with van der Waals surface area (Å²) >= 11 is 0. The van der Waals surface area contributed by atoms with Gasteiger partial charge in [0, 0.05) is 0 Å². The van der Waals surface area contributed by atoms with Gasteiger partial charge >= 0.3 is 5.97 Å². The maximum atomic E-state index is 11.3. The van der Waals surface area contributed by atoms with E-state index in [2.05, 4.69) is 12.2 Å². The predicted octanol–water partition coefficient (Wildman–Crippen LogP) is 4.80. The number of nitrogens with one attached hydrogen (secondary N) is 1. The topological polar surface area (TPSA) is 49.3 Å². The monoisotopic (exact) mass is 319 g/mol. The molecule has 1 rings (SSSR count). The van der Waals surface area contributed by atoms with Crippen LogP contribution in [0.25, 0.3) is 0 Å². The first-order valence-electron chi connectivity index (χ1n) is 9.24. The highest BCUT2D eigenvalue weighted by molar-refractivity contribution is 5.73. The molecular formula is C20H33NO2. The van der Waals surface area contributed by atoms with Gasteiger partial charge in [0.2, 0.25) is 0 Å². The number of carbonyl (C=O) groups is 1. The molecule has 1 aromatic carbocycles. The quantitative estimate of drug-likeness (QED) is 0.484. The number of hydrogen-bond acceptors (Lipinski definition) is 2. The number of aliphatic carboxylic acids is 1. The Labute approximate surface area is 141 Å². The SMILES string of the molecule is CCCCCCCCCCCNC(Cc1ccccc1)C(=O)O. The minimum Gasteiger partial charge on any atom is -0.480 e. The van der Waals surface area contributed by atoms with Crippen LogP contribution in [-0.4, -0.2) is 23.7 Å². The molecule has 0 saturated heterocycles. The summed E-state index contributed by atoms with van der Waals surface area (Å²) in [5.74, 6) is -0.759. The molecule has 0 aliphatic heterocycles. The van der Waals surface area contributed by atoms with Gasteiger partial charge in [-0.25, -0.2) is 0 Å². The third-order valence-electron chi connectivity index (χ3n) is 4.25. The van der Waals surface area contributed by atoms with Crippen LogP contribution in [0.3, 0.4) is 0 Å². The first kappa shape index (κ1) is 19.7. The van der Waals surface area contributed by atoms with Crippen LogP contribution < -0.4 is 5.32 Å². The van der Waals surface area contributed by atoms with Crippen molar-refractivity contribution in [2.45, 2.75) is 77.2 Å². The van der Waals surface area contributed by atoms with E-state index < -0.39 is 12.0 Å². The summed E-state index contributed by atoms with van der Waals surface area (Å²) in [6.07, 6.45) is 12.1. The minimum atomic E-state index is -0.759. The summed E-state index contributed by atoms with van der Waals surface area (Å²) in [7, 11) is 0. The fourth-order valence-corrected chi connectivity index (χ4v) is 2.81. The van der Waals surface area contributed by atoms with E-state index in [1.165, 1.54) is 51.4 Å². The number of carboxylic acids is 1. The first-order valence-corrected chi connectivity index (χ1v) is 9.24. The Bertz CT molecular complexity index is 405. The van der Waals surface area contributed by atoms with Crippen LogP contribution in [0.15, 0.2) is 30.3 Å². The largest absolute Gasteiger partial charge is 0.480 e. The average molecular weight is 319 g/mol. The van der Waals surface area contributed by atoms with E-state index in [9.17, 15) is 9.90 Å². The van der Waals surface area contributed by atoms with Gasteiger partial charge in [-0.1, -0.05) is 88.6 Å². The predicted molar refractivity (Wildman–Crippen MR) is 96.8 cm³/mol. The van der Waals surface area contributed by atoms with Crippen molar-refractivity contribution in [1.29, 1.82) is 0 Å². The molecule has 0 radical (unpaired) electrons. The van der Waals surface area contributed by atoms with E-state index in [0.717, 1.165) is 18.5 Å². The van der Waals surface area contributed by atoms with Gasteiger partial charge in [-0.15, -0.1) is 0 Å². The van der Waals surface area contributed by atoms with Gasteiger partial charge in [-0.2, -0.15) is 0 Å². The Morgan fingerprint density at radius 3 is 2.09 bits per heavy atom. The van der Waals surface area contributed by atoms with Crippen LogP contribution >= 0.6 is 0 Å². The molecule has 3 heteroatoms. The maximum absolute atomic E-state index is 11.3. The molecule has 130 valence electrons. The van der Waals surface area contributed by atoms with Crippen LogP contribution in [0.1, 0.15) is 70.3 Å². The van der Waals surface area contributed by atoms with Crippen LogP contribution in [0.5, 0.6) is 0 Å². The summed E-state index contributed by atoms with van der Waals surface area (Å²) in [6.45, 7) is 3.04. The Morgan fingerprint density at radius 1 is 0.957 bits per heavy atom. The lowest BCUT2D eigenvalue weighted by atomic mass is 10.1. The van der Waals surface area contributed by atoms with Gasteiger partial charge in [-0.3, -0.25) is 4.79 Å². The third kappa shape index (κ3) is 10.1. The molecule has 1 aromatic rings. The van der Waals surface area contributed by atoms with Gasteiger partial charge in [0.1, 0.15) is 6.04 Å². The summed E-state index contributed by atoms with van der Waals surface area (Å²) < 4.78 is 0. The number of carboxylic acid groups (broad SMARTS) is 1. The van der Waals surface area contributed by atoms with Gasteiger partial charge in [0.15, 0.2) is 0 Å². The molecule has 0 aliphatic rings. The molecule has 1 atom stereocenters. The number of benzene rings is 1. The fraction of sp³-hybridized carbons (Fsp3) is 0.650. The molecule has 0 saturated carbocycles. The number of rotatable bonds is 14. The zero-order chi connectivity index (χ0) is 16.8. The Morgan fingerprint density at radius 2 is 1.52 bits per heavy atom. The highest BCUT2D eigenvalue weighted by atomic mass is 16.4. The molecular weight excluding hydrogens is 286 g/mol. The van der Waals surface area contributed by atoms with Crippen molar-refractivity contribution in [3.8, 4) is 0 Å². The fourth-order valence-electron chi connectivity index (χ4n) is 2.81. The molecule has 23 heavy (non-hydrogen) atoms. The number of hydrogen-bond donors (Lipinski definition) is 2. The summed E-state index contributed by atoms with van der Waals surface area (Å²) in [5, 5.41) is 12.5. The molecule has 0 amide bonds. The van der Waals surface area contributed by atoms with Crippen LogP contribution in [0, 0.1) is 0 Å². The average Bonchev–Trinajstić information content (AvgIpc) is 2.56. The Hall–Kier alpha value is -1.35. The van der Waals surface area contributed by atoms with Crippen molar-refractivity contribution in [3.05, 3.63) is 35.9 Å². The third-order valence-corrected chi connectivity index (χ3v) is 4.25. The molecule has 3 nitrogen and oxygen atoms in total. The maximum Gasteiger partial charge on any atom is 0.321 e. The zero-order valence-electron chi connectivity index (χ0n) is 14.6. The lowest BCUT2D eigenvalue weighted by molar-refractivity contribution is -0.139. The summed E-state index contributed by atoms with van der Waals surface area (Å²) in [5.41, 5.74) is 1.07. The van der Waals surface area contributed by atoms with Gasteiger partial charge in [0.25, 0.3) is 0 Å². The molecule has 2 N–H and O–H groups in total. The van der Waals surface area contributed by atoms with E-state index in [-0.39, 0.29) is 0 Å². The molecule has 0 fully saturated rings. The van der Waals surface area contributed by atoms with Crippen molar-refractivity contribution in [2.75, 3.05) is 6.54 Å². The molecule has 1 unspecified atom stereocenters. The van der Waals surface area contributed by atoms with Gasteiger partial charge in [0.05, 0.1) is 0 Å². The highest BCUT2D eigenvalue weighted by Crippen LogP contribution is 2.09. The normalized spacial score (nSPS) is 12.2. The zero-order valence-corrected chi connectivity index (χ0v) is 14.6. The molecule has 0 bridgehead atoms. The first-order chi connectivity index (χ1) is 11.2. The van der Waals surface area contributed by atoms with Crippen molar-refractivity contribution < 1.29 is 9.90 Å². The van der Waals surface area contributed by atoms with Crippen molar-refractivity contribution in [1.82, 2.24) is 5.32 Å². The van der Waals surface area contributed by atoms with Crippen molar-refractivity contribution in [2.24, 2.45) is 0 Å². The highest BCUT2D eigenvalue weighted by Gasteiger charge is 2.16. The number of unbranched alkanes of at least 4 members (excludes halogenated alkanes) is 8. The van der Waals surface area contributed by atoms with Crippen molar-refractivity contribution in [3.63, 3.8) is 0 Å². The molecule has 0 spiro atoms. The second kappa shape index (κ2) is 13.1. The van der Waals surface area contributed by atoms with E-state index in [1.807, 2.05) is 30.3 Å². The smallest absolute Gasteiger partial charge is 0.321 e. The standard InChI is InChI=1S/C20H33NO2/c1-2-3-4-5-6-7-8-9-13-16-21-19(20(22)23)17-18-14-11-10-12-15-18/h10-12,14-15,19,21H,2-9,13,16-17H2,1H3,(H,22,23). The molecule has 0 aliphatic carbocycles. The lowest BCUT2D eigenvalue weighted by Gasteiger charge is -2.14. The van der Waals surface area contributed by atoms with Gasteiger partial charge in [-0.05, 0) is 24.9 Å². The van der Waals surface area contributed by atoms with Crippen LogP contribution in [-0.2, 0) is 11.2 Å². The Kier molecular flexibility index (Phi) is 11.2. The molecule has 0 aromatic heterocycles.